The fourth-order valence-electron chi connectivity index (χ4n) is 2.71. The largest absolute Gasteiger partial charge is 0.337 e. The Bertz CT molecular complexity index is 930. The summed E-state index contributed by atoms with van der Waals surface area (Å²) in [5.41, 5.74) is -0.213. The van der Waals surface area contributed by atoms with Crippen molar-refractivity contribution in [2.24, 2.45) is 0 Å². The van der Waals surface area contributed by atoms with E-state index < -0.39 is 0 Å². The summed E-state index contributed by atoms with van der Waals surface area (Å²) in [7, 11) is 0. The Morgan fingerprint density at radius 3 is 2.58 bits per heavy atom. The zero-order chi connectivity index (χ0) is 16.5. The summed E-state index contributed by atoms with van der Waals surface area (Å²) in [5.74, 6) is 0.382. The predicted molar refractivity (Wildman–Crippen MR) is 89.5 cm³/mol. The third-order valence-corrected chi connectivity index (χ3v) is 4.75. The van der Waals surface area contributed by atoms with Crippen LogP contribution in [0.4, 0.5) is 5.95 Å². The molecular weight excluding hydrogens is 328 g/mol. The van der Waals surface area contributed by atoms with Gasteiger partial charge in [-0.2, -0.15) is 0 Å². The summed E-state index contributed by atoms with van der Waals surface area (Å²) in [6, 6.07) is 1.77. The van der Waals surface area contributed by atoms with Crippen LogP contribution in [0.5, 0.6) is 0 Å². The molecule has 3 aromatic heterocycles. The number of carbonyl (C=O) groups excluding carboxylic acids is 1. The highest BCUT2D eigenvalue weighted by Crippen LogP contribution is 2.12. The van der Waals surface area contributed by atoms with Gasteiger partial charge in [-0.1, -0.05) is 0 Å². The van der Waals surface area contributed by atoms with Crippen molar-refractivity contribution in [3.63, 3.8) is 0 Å². The van der Waals surface area contributed by atoms with E-state index in [0.29, 0.717) is 37.1 Å². The van der Waals surface area contributed by atoms with Gasteiger partial charge in [-0.15, -0.1) is 11.3 Å². The van der Waals surface area contributed by atoms with Crippen molar-refractivity contribution in [3.8, 4) is 0 Å². The number of fused-ring (bicyclic) bond motifs is 1. The second-order valence-corrected chi connectivity index (χ2v) is 6.23. The van der Waals surface area contributed by atoms with Crippen LogP contribution in [-0.2, 0) is 0 Å². The van der Waals surface area contributed by atoms with Crippen LogP contribution in [0, 0.1) is 0 Å². The third kappa shape index (κ3) is 2.52. The molecule has 8 nitrogen and oxygen atoms in total. The van der Waals surface area contributed by atoms with Crippen molar-refractivity contribution in [1.29, 1.82) is 0 Å². The summed E-state index contributed by atoms with van der Waals surface area (Å²) in [4.78, 5) is 42.0. The van der Waals surface area contributed by atoms with Gasteiger partial charge in [0.25, 0.3) is 11.5 Å². The second kappa shape index (κ2) is 6.00. The molecule has 1 aliphatic rings. The molecule has 0 aromatic carbocycles. The number of piperazine rings is 1. The van der Waals surface area contributed by atoms with E-state index in [1.54, 1.807) is 34.9 Å². The first-order valence-electron chi connectivity index (χ1n) is 7.50. The molecule has 1 aliphatic heterocycles. The first-order chi connectivity index (χ1) is 11.7. The van der Waals surface area contributed by atoms with E-state index in [0.717, 1.165) is 0 Å². The Hall–Kier alpha value is -2.81. The number of nitrogens with zero attached hydrogens (tertiary/aromatic N) is 6. The average Bonchev–Trinajstić information content (AvgIpc) is 3.12. The highest BCUT2D eigenvalue weighted by Gasteiger charge is 2.25. The maximum atomic E-state index is 12.7. The molecular formula is C15H14N6O2S. The topological polar surface area (TPSA) is 83.7 Å². The van der Waals surface area contributed by atoms with Crippen LogP contribution in [0.1, 0.15) is 10.4 Å². The monoisotopic (exact) mass is 342 g/mol. The van der Waals surface area contributed by atoms with Gasteiger partial charge < -0.3 is 9.80 Å². The van der Waals surface area contributed by atoms with Gasteiger partial charge >= 0.3 is 0 Å². The van der Waals surface area contributed by atoms with E-state index in [4.69, 9.17) is 0 Å². The minimum Gasteiger partial charge on any atom is -0.337 e. The molecule has 9 heteroatoms. The van der Waals surface area contributed by atoms with E-state index in [9.17, 15) is 9.59 Å². The molecule has 0 spiro atoms. The standard InChI is InChI=1S/C15H14N6O2S/c22-12(11-10-18-15-21(13(11)23)8-9-24-15)19-4-6-20(7-5-19)14-16-2-1-3-17-14/h1-3,8-10H,4-7H2. The molecule has 1 saturated heterocycles. The Kier molecular flexibility index (Phi) is 3.69. The van der Waals surface area contributed by atoms with Gasteiger partial charge in [0.15, 0.2) is 4.96 Å². The minimum absolute atomic E-state index is 0.107. The molecule has 0 saturated carbocycles. The number of carbonyl (C=O) groups is 1. The molecule has 0 N–H and O–H groups in total. The first kappa shape index (κ1) is 14.8. The van der Waals surface area contributed by atoms with Crippen LogP contribution in [0.3, 0.4) is 0 Å². The third-order valence-electron chi connectivity index (χ3n) is 3.98. The van der Waals surface area contributed by atoms with E-state index in [2.05, 4.69) is 15.0 Å². The number of hydrogen-bond donors (Lipinski definition) is 0. The van der Waals surface area contributed by atoms with E-state index in [1.807, 2.05) is 4.90 Å². The molecule has 3 aromatic rings. The molecule has 122 valence electrons. The maximum Gasteiger partial charge on any atom is 0.271 e. The molecule has 0 radical (unpaired) electrons. The first-order valence-corrected chi connectivity index (χ1v) is 8.38. The summed E-state index contributed by atoms with van der Waals surface area (Å²) in [5, 5.41) is 1.77. The number of amides is 1. The van der Waals surface area contributed by atoms with Crippen LogP contribution in [-0.4, -0.2) is 56.3 Å². The van der Waals surface area contributed by atoms with E-state index in [1.165, 1.54) is 21.9 Å². The molecule has 24 heavy (non-hydrogen) atoms. The molecule has 1 fully saturated rings. The van der Waals surface area contributed by atoms with Crippen molar-refractivity contribution in [1.82, 2.24) is 24.3 Å². The van der Waals surface area contributed by atoms with Crippen molar-refractivity contribution in [2.45, 2.75) is 0 Å². The molecule has 1 amide bonds. The van der Waals surface area contributed by atoms with Gasteiger partial charge in [0.1, 0.15) is 5.56 Å². The van der Waals surface area contributed by atoms with E-state index >= 15 is 0 Å². The van der Waals surface area contributed by atoms with Crippen molar-refractivity contribution < 1.29 is 4.79 Å². The van der Waals surface area contributed by atoms with Gasteiger partial charge in [0.2, 0.25) is 5.95 Å². The van der Waals surface area contributed by atoms with Crippen LogP contribution in [0.15, 0.2) is 41.0 Å². The van der Waals surface area contributed by atoms with Gasteiger partial charge in [-0.3, -0.25) is 14.0 Å². The lowest BCUT2D eigenvalue weighted by atomic mass is 10.2. The van der Waals surface area contributed by atoms with Crippen molar-refractivity contribution in [3.05, 3.63) is 52.2 Å². The summed E-state index contributed by atoms with van der Waals surface area (Å²) in [6.45, 7) is 2.29. The summed E-state index contributed by atoms with van der Waals surface area (Å²) in [6.07, 6.45) is 6.41. The normalized spacial score (nSPS) is 15.0. The lowest BCUT2D eigenvalue weighted by Crippen LogP contribution is -2.50. The second-order valence-electron chi connectivity index (χ2n) is 5.36. The molecule has 0 unspecified atom stereocenters. The Balaban J connectivity index is 1.51. The van der Waals surface area contributed by atoms with Gasteiger partial charge in [-0.25, -0.2) is 15.0 Å². The molecule has 4 heterocycles. The van der Waals surface area contributed by atoms with Crippen molar-refractivity contribution in [2.75, 3.05) is 31.1 Å². The van der Waals surface area contributed by atoms with Crippen LogP contribution >= 0.6 is 11.3 Å². The Labute approximate surface area is 141 Å². The molecule has 0 aliphatic carbocycles. The Morgan fingerprint density at radius 1 is 1.08 bits per heavy atom. The minimum atomic E-state index is -0.319. The smallest absolute Gasteiger partial charge is 0.271 e. The SMILES string of the molecule is O=C(c1cnc2sccn2c1=O)N1CCN(c2ncccn2)CC1. The average molecular weight is 342 g/mol. The number of thiazole rings is 1. The zero-order valence-electron chi connectivity index (χ0n) is 12.7. The lowest BCUT2D eigenvalue weighted by molar-refractivity contribution is 0.0744. The fourth-order valence-corrected chi connectivity index (χ4v) is 3.38. The number of aromatic nitrogens is 4. The molecule has 4 rings (SSSR count). The highest BCUT2D eigenvalue weighted by molar-refractivity contribution is 7.15. The summed E-state index contributed by atoms with van der Waals surface area (Å²) >= 11 is 1.36. The summed E-state index contributed by atoms with van der Waals surface area (Å²) < 4.78 is 1.41. The quantitative estimate of drug-likeness (QED) is 0.675. The van der Waals surface area contributed by atoms with Crippen LogP contribution in [0.2, 0.25) is 0 Å². The maximum absolute atomic E-state index is 12.7. The molecule has 0 atom stereocenters. The highest BCUT2D eigenvalue weighted by atomic mass is 32.1. The lowest BCUT2D eigenvalue weighted by Gasteiger charge is -2.34. The number of anilines is 1. The fraction of sp³-hybridized carbons (Fsp3) is 0.267. The zero-order valence-corrected chi connectivity index (χ0v) is 13.5. The van der Waals surface area contributed by atoms with Gasteiger partial charge in [0, 0.05) is 56.3 Å². The van der Waals surface area contributed by atoms with Crippen LogP contribution in [0.25, 0.3) is 4.96 Å². The van der Waals surface area contributed by atoms with Crippen LogP contribution < -0.4 is 10.5 Å². The van der Waals surface area contributed by atoms with Crippen molar-refractivity contribution >= 4 is 28.2 Å². The predicted octanol–water partition coefficient (Wildman–Crippen LogP) is 0.508. The number of hydrogen-bond acceptors (Lipinski definition) is 7. The Morgan fingerprint density at radius 2 is 1.83 bits per heavy atom. The van der Waals surface area contributed by atoms with E-state index in [-0.39, 0.29) is 17.0 Å². The molecule has 0 bridgehead atoms. The van der Waals surface area contributed by atoms with Gasteiger partial charge in [0.05, 0.1) is 0 Å². The van der Waals surface area contributed by atoms with Gasteiger partial charge in [-0.05, 0) is 6.07 Å². The number of rotatable bonds is 2.